The number of allylic oxidation sites excluding steroid dienone is 8. The van der Waals surface area contributed by atoms with E-state index in [9.17, 15) is 19.0 Å². The standard InChI is InChI=1S/C40H72NO8P/c1-3-5-7-9-11-13-15-17-18-19-20-21-23-24-26-28-30-32-39(42)46-36-38(37-48-50(44,45)47-35-34-41)49-40(43)33-31-29-27-25-22-16-14-12-10-8-6-4-2/h5,7,11,13,17-18,20-21,38H,3-4,6,8-10,12,14-16,19,22-37,41H2,1-2H3,(H,44,45)/b7-5-,13-11-,18-17-,21-20-/t38-/m1/s1. The fourth-order valence-electron chi connectivity index (χ4n) is 5.09. The van der Waals surface area contributed by atoms with Gasteiger partial charge in [-0.3, -0.25) is 18.6 Å². The number of nitrogens with two attached hydrogens (primary N) is 1. The number of phosphoric ester groups is 1. The third-order valence-electron chi connectivity index (χ3n) is 7.98. The second-order valence-electron chi connectivity index (χ2n) is 12.8. The third kappa shape index (κ3) is 35.8. The summed E-state index contributed by atoms with van der Waals surface area (Å²) in [5.41, 5.74) is 5.33. The van der Waals surface area contributed by atoms with Gasteiger partial charge in [-0.15, -0.1) is 0 Å². The van der Waals surface area contributed by atoms with E-state index in [-0.39, 0.29) is 32.6 Å². The van der Waals surface area contributed by atoms with E-state index in [1.165, 1.54) is 51.4 Å². The molecule has 0 aromatic carbocycles. The molecule has 0 saturated heterocycles. The van der Waals surface area contributed by atoms with Crippen LogP contribution in [0.25, 0.3) is 0 Å². The molecule has 0 aromatic rings. The minimum atomic E-state index is -4.38. The Morgan fingerprint density at radius 3 is 1.64 bits per heavy atom. The molecule has 0 aliphatic rings. The minimum Gasteiger partial charge on any atom is -0.462 e. The van der Waals surface area contributed by atoms with Crippen molar-refractivity contribution in [2.75, 3.05) is 26.4 Å². The van der Waals surface area contributed by atoms with Crippen molar-refractivity contribution in [3.8, 4) is 0 Å². The highest BCUT2D eigenvalue weighted by Gasteiger charge is 2.25. The minimum absolute atomic E-state index is 0.0490. The lowest BCUT2D eigenvalue weighted by molar-refractivity contribution is -0.161. The molecule has 9 nitrogen and oxygen atoms in total. The van der Waals surface area contributed by atoms with E-state index in [1.807, 2.05) is 0 Å². The Balaban J connectivity index is 4.24. The van der Waals surface area contributed by atoms with Gasteiger partial charge in [0.05, 0.1) is 13.2 Å². The maximum absolute atomic E-state index is 12.5. The molecule has 0 aliphatic heterocycles. The summed E-state index contributed by atoms with van der Waals surface area (Å²) < 4.78 is 32.6. The number of unbranched alkanes of at least 4 members (excludes halogenated alkanes) is 15. The van der Waals surface area contributed by atoms with Crippen molar-refractivity contribution >= 4 is 19.8 Å². The fourth-order valence-corrected chi connectivity index (χ4v) is 5.86. The van der Waals surface area contributed by atoms with Crippen molar-refractivity contribution in [1.82, 2.24) is 0 Å². The maximum atomic E-state index is 12.5. The summed E-state index contributed by atoms with van der Waals surface area (Å²) in [5.74, 6) is -0.858. The molecule has 0 bridgehead atoms. The largest absolute Gasteiger partial charge is 0.472 e. The van der Waals surface area contributed by atoms with Crippen LogP contribution >= 0.6 is 7.82 Å². The summed E-state index contributed by atoms with van der Waals surface area (Å²) in [7, 11) is -4.38. The average molecular weight is 726 g/mol. The Labute approximate surface area is 305 Å². The number of hydrogen-bond acceptors (Lipinski definition) is 8. The predicted octanol–water partition coefficient (Wildman–Crippen LogP) is 10.8. The molecule has 0 rings (SSSR count). The number of carbonyl (C=O) groups is 2. The van der Waals surface area contributed by atoms with Crippen molar-refractivity contribution in [2.45, 2.75) is 168 Å². The van der Waals surface area contributed by atoms with Gasteiger partial charge in [-0.2, -0.15) is 0 Å². The normalized spacial score (nSPS) is 13.9. The number of ether oxygens (including phenoxy) is 2. The van der Waals surface area contributed by atoms with E-state index in [0.717, 1.165) is 70.6 Å². The molecular weight excluding hydrogens is 653 g/mol. The topological polar surface area (TPSA) is 134 Å². The molecule has 0 aromatic heterocycles. The second kappa shape index (κ2) is 36.8. The number of carbonyl (C=O) groups excluding carboxylic acids is 2. The number of rotatable bonds is 36. The first-order valence-corrected chi connectivity index (χ1v) is 21.1. The van der Waals surface area contributed by atoms with Crippen molar-refractivity contribution in [1.29, 1.82) is 0 Å². The highest BCUT2D eigenvalue weighted by molar-refractivity contribution is 7.47. The first kappa shape index (κ1) is 48.0. The SMILES string of the molecule is CC/C=C\C/C=C\C/C=C\C/C=C\CCCCCCC(=O)OC[C@H](COP(=O)(O)OCCN)OC(=O)CCCCCCCCCCCCCC. The van der Waals surface area contributed by atoms with Gasteiger partial charge >= 0.3 is 19.8 Å². The lowest BCUT2D eigenvalue weighted by Crippen LogP contribution is -2.29. The molecule has 3 N–H and O–H groups in total. The Morgan fingerprint density at radius 1 is 0.620 bits per heavy atom. The smallest absolute Gasteiger partial charge is 0.462 e. The predicted molar refractivity (Wildman–Crippen MR) is 206 cm³/mol. The summed E-state index contributed by atoms with van der Waals surface area (Å²) in [4.78, 5) is 34.7. The van der Waals surface area contributed by atoms with Crippen LogP contribution in [0.15, 0.2) is 48.6 Å². The third-order valence-corrected chi connectivity index (χ3v) is 8.96. The zero-order valence-electron chi connectivity index (χ0n) is 31.6. The van der Waals surface area contributed by atoms with E-state index < -0.39 is 32.5 Å². The van der Waals surface area contributed by atoms with Crippen LogP contribution in [0.1, 0.15) is 162 Å². The van der Waals surface area contributed by atoms with Gasteiger partial charge in [-0.25, -0.2) is 4.57 Å². The quantitative estimate of drug-likeness (QED) is 0.0280. The van der Waals surface area contributed by atoms with E-state index in [1.54, 1.807) is 0 Å². The molecule has 1 unspecified atom stereocenters. The van der Waals surface area contributed by atoms with Crippen LogP contribution in [0.3, 0.4) is 0 Å². The Kier molecular flexibility index (Phi) is 35.3. The van der Waals surface area contributed by atoms with Gasteiger partial charge in [-0.1, -0.05) is 146 Å². The molecule has 2 atom stereocenters. The van der Waals surface area contributed by atoms with E-state index in [4.69, 9.17) is 24.3 Å². The molecule has 50 heavy (non-hydrogen) atoms. The van der Waals surface area contributed by atoms with Gasteiger partial charge in [0, 0.05) is 19.4 Å². The van der Waals surface area contributed by atoms with Gasteiger partial charge in [0.25, 0.3) is 0 Å². The molecule has 0 amide bonds. The van der Waals surface area contributed by atoms with E-state index >= 15 is 0 Å². The molecular formula is C40H72NO8P. The highest BCUT2D eigenvalue weighted by Crippen LogP contribution is 2.43. The number of esters is 2. The van der Waals surface area contributed by atoms with Crippen LogP contribution in [0.4, 0.5) is 0 Å². The molecule has 0 fully saturated rings. The van der Waals surface area contributed by atoms with E-state index in [0.29, 0.717) is 12.8 Å². The lowest BCUT2D eigenvalue weighted by Gasteiger charge is -2.19. The molecule has 0 aliphatic carbocycles. The van der Waals surface area contributed by atoms with E-state index in [2.05, 4.69) is 62.5 Å². The molecule has 0 heterocycles. The maximum Gasteiger partial charge on any atom is 0.472 e. The van der Waals surface area contributed by atoms with Crippen molar-refractivity contribution in [3.63, 3.8) is 0 Å². The Bertz CT molecular complexity index is 965. The first-order valence-electron chi connectivity index (χ1n) is 19.6. The van der Waals surface area contributed by atoms with Gasteiger partial charge in [0.15, 0.2) is 6.10 Å². The van der Waals surface area contributed by atoms with Crippen LogP contribution in [-0.4, -0.2) is 49.3 Å². The van der Waals surface area contributed by atoms with Crippen LogP contribution < -0.4 is 5.73 Å². The highest BCUT2D eigenvalue weighted by atomic mass is 31.2. The molecule has 10 heteroatoms. The Morgan fingerprint density at radius 2 is 1.10 bits per heavy atom. The molecule has 0 radical (unpaired) electrons. The molecule has 0 spiro atoms. The van der Waals surface area contributed by atoms with Gasteiger partial charge in [0.2, 0.25) is 0 Å². The summed E-state index contributed by atoms with van der Waals surface area (Å²) in [6.07, 6.45) is 39.9. The zero-order valence-corrected chi connectivity index (χ0v) is 32.5. The second-order valence-corrected chi connectivity index (χ2v) is 14.2. The van der Waals surface area contributed by atoms with Crippen LogP contribution in [0.2, 0.25) is 0 Å². The number of phosphoric acid groups is 1. The van der Waals surface area contributed by atoms with Crippen LogP contribution in [0, 0.1) is 0 Å². The zero-order chi connectivity index (χ0) is 36.8. The van der Waals surface area contributed by atoms with Crippen LogP contribution in [0.5, 0.6) is 0 Å². The van der Waals surface area contributed by atoms with Gasteiger partial charge in [-0.05, 0) is 51.4 Å². The summed E-state index contributed by atoms with van der Waals surface area (Å²) in [6.45, 7) is 3.57. The number of hydrogen-bond donors (Lipinski definition) is 2. The first-order chi connectivity index (χ1) is 24.3. The summed E-state index contributed by atoms with van der Waals surface area (Å²) in [6, 6.07) is 0. The van der Waals surface area contributed by atoms with Gasteiger partial charge in [0.1, 0.15) is 6.61 Å². The van der Waals surface area contributed by atoms with Crippen LogP contribution in [-0.2, 0) is 32.7 Å². The molecule has 0 saturated carbocycles. The average Bonchev–Trinajstić information content (AvgIpc) is 3.10. The van der Waals surface area contributed by atoms with Crippen molar-refractivity contribution in [3.05, 3.63) is 48.6 Å². The fraction of sp³-hybridized carbons (Fsp3) is 0.750. The summed E-state index contributed by atoms with van der Waals surface area (Å²) >= 11 is 0. The lowest BCUT2D eigenvalue weighted by atomic mass is 10.0. The van der Waals surface area contributed by atoms with Crippen molar-refractivity contribution in [2.24, 2.45) is 5.73 Å². The monoisotopic (exact) mass is 725 g/mol. The van der Waals surface area contributed by atoms with Gasteiger partial charge < -0.3 is 20.1 Å². The summed E-state index contributed by atoms with van der Waals surface area (Å²) in [5, 5.41) is 0. The molecule has 290 valence electrons. The Hall–Kier alpha value is -2.03. The van der Waals surface area contributed by atoms with Crippen molar-refractivity contribution < 1.29 is 37.6 Å².